The topological polar surface area (TPSA) is 105 Å². The van der Waals surface area contributed by atoms with Gasteiger partial charge in [0.05, 0.1) is 11.9 Å². The molecule has 2 aromatic heterocycles. The first-order valence-electron chi connectivity index (χ1n) is 7.48. The third kappa shape index (κ3) is 3.28. The summed E-state index contributed by atoms with van der Waals surface area (Å²) < 4.78 is 27.1. The number of aryl methyl sites for hydroxylation is 1. The van der Waals surface area contributed by atoms with Crippen molar-refractivity contribution in [1.29, 1.82) is 0 Å². The molecule has 0 spiro atoms. The Kier molecular flexibility index (Phi) is 4.57. The van der Waals surface area contributed by atoms with E-state index in [1.165, 1.54) is 21.8 Å². The van der Waals surface area contributed by atoms with Gasteiger partial charge < -0.3 is 11.1 Å². The maximum Gasteiger partial charge on any atom is 0.253 e. The number of sulfonamides is 1. The minimum Gasteiger partial charge on any atom is -0.384 e. The number of carbonyl (C=O) groups is 1. The number of nitrogen functional groups attached to an aromatic ring is 1. The van der Waals surface area contributed by atoms with Gasteiger partial charge in [0.25, 0.3) is 10.0 Å². The van der Waals surface area contributed by atoms with Crippen molar-refractivity contribution < 1.29 is 13.2 Å². The number of aromatic nitrogens is 1. The Bertz CT molecular complexity index is 846. The Balaban J connectivity index is 1.80. The molecule has 1 unspecified atom stereocenters. The lowest BCUT2D eigenvalue weighted by molar-refractivity contribution is -0.119. The summed E-state index contributed by atoms with van der Waals surface area (Å²) in [6, 6.07) is 5.86. The van der Waals surface area contributed by atoms with E-state index in [4.69, 9.17) is 5.73 Å². The number of hydrogen-bond donors (Lipinski definition) is 2. The van der Waals surface area contributed by atoms with Gasteiger partial charge >= 0.3 is 0 Å². The fourth-order valence-corrected chi connectivity index (χ4v) is 5.73. The van der Waals surface area contributed by atoms with Crippen LogP contribution in [0.25, 0.3) is 0 Å². The molecule has 0 aromatic carbocycles. The van der Waals surface area contributed by atoms with Crippen LogP contribution in [0.15, 0.2) is 34.7 Å². The minimum atomic E-state index is -3.66. The van der Waals surface area contributed by atoms with Crippen molar-refractivity contribution in [1.82, 2.24) is 9.29 Å². The highest BCUT2D eigenvalue weighted by Gasteiger charge is 2.40. The van der Waals surface area contributed by atoms with Gasteiger partial charge in [0.15, 0.2) is 0 Å². The second-order valence-electron chi connectivity index (χ2n) is 5.60. The molecule has 24 heavy (non-hydrogen) atoms. The summed E-state index contributed by atoms with van der Waals surface area (Å²) in [7, 11) is -3.66. The standard InChI is InChI=1S/C15H18N4O3S2/c1-10-4-7-14(23-10)24(21,22)19-8-2-3-12(19)15(20)18-11-5-6-13(16)17-9-11/h4-7,9,12H,2-3,8H2,1H3,(H2,16,17)(H,18,20). The molecule has 1 saturated heterocycles. The molecule has 1 aliphatic rings. The predicted molar refractivity (Wildman–Crippen MR) is 93.2 cm³/mol. The number of nitrogens with zero attached hydrogens (tertiary/aromatic N) is 2. The van der Waals surface area contributed by atoms with Crippen LogP contribution in [0.5, 0.6) is 0 Å². The Morgan fingerprint density at radius 2 is 2.17 bits per heavy atom. The highest BCUT2D eigenvalue weighted by Crippen LogP contribution is 2.30. The Morgan fingerprint density at radius 3 is 2.79 bits per heavy atom. The molecule has 128 valence electrons. The van der Waals surface area contributed by atoms with Crippen LogP contribution in [0.1, 0.15) is 17.7 Å². The van der Waals surface area contributed by atoms with E-state index in [9.17, 15) is 13.2 Å². The van der Waals surface area contributed by atoms with Gasteiger partial charge in [-0.3, -0.25) is 4.79 Å². The molecule has 1 amide bonds. The highest BCUT2D eigenvalue weighted by atomic mass is 32.2. The van der Waals surface area contributed by atoms with Gasteiger partial charge in [0, 0.05) is 11.4 Å². The fourth-order valence-electron chi connectivity index (χ4n) is 2.66. The van der Waals surface area contributed by atoms with Crippen molar-refractivity contribution in [2.75, 3.05) is 17.6 Å². The van der Waals surface area contributed by atoms with Crippen LogP contribution >= 0.6 is 11.3 Å². The van der Waals surface area contributed by atoms with Gasteiger partial charge in [-0.05, 0) is 44.0 Å². The summed E-state index contributed by atoms with van der Waals surface area (Å²) in [5.41, 5.74) is 6.01. The van der Waals surface area contributed by atoms with Crippen molar-refractivity contribution >= 4 is 38.8 Å². The fraction of sp³-hybridized carbons (Fsp3) is 0.333. The summed E-state index contributed by atoms with van der Waals surface area (Å²) in [4.78, 5) is 17.3. The first-order valence-corrected chi connectivity index (χ1v) is 9.74. The van der Waals surface area contributed by atoms with E-state index in [0.29, 0.717) is 30.9 Å². The first kappa shape index (κ1) is 16.9. The van der Waals surface area contributed by atoms with Crippen LogP contribution in [0.4, 0.5) is 11.5 Å². The molecule has 1 aliphatic heterocycles. The van der Waals surface area contributed by atoms with E-state index in [1.54, 1.807) is 24.3 Å². The van der Waals surface area contributed by atoms with Crippen LogP contribution in [0.2, 0.25) is 0 Å². The third-order valence-electron chi connectivity index (χ3n) is 3.84. The van der Waals surface area contributed by atoms with E-state index in [0.717, 1.165) is 4.88 Å². The molecule has 9 heteroatoms. The number of nitrogens with two attached hydrogens (primary N) is 1. The van der Waals surface area contributed by atoms with E-state index in [1.807, 2.05) is 6.92 Å². The molecular weight excluding hydrogens is 348 g/mol. The predicted octanol–water partition coefficient (Wildman–Crippen LogP) is 1.83. The van der Waals surface area contributed by atoms with Gasteiger partial charge in [0.1, 0.15) is 16.1 Å². The quantitative estimate of drug-likeness (QED) is 0.859. The summed E-state index contributed by atoms with van der Waals surface area (Å²) in [6.45, 7) is 2.20. The normalized spacial score (nSPS) is 18.6. The van der Waals surface area contributed by atoms with Crippen LogP contribution in [-0.2, 0) is 14.8 Å². The monoisotopic (exact) mass is 366 g/mol. The van der Waals surface area contributed by atoms with E-state index in [2.05, 4.69) is 10.3 Å². The number of pyridine rings is 1. The zero-order valence-corrected chi connectivity index (χ0v) is 14.7. The van der Waals surface area contributed by atoms with Crippen LogP contribution in [-0.4, -0.2) is 36.2 Å². The highest BCUT2D eigenvalue weighted by molar-refractivity contribution is 7.91. The van der Waals surface area contributed by atoms with Gasteiger partial charge in [-0.1, -0.05) is 0 Å². The minimum absolute atomic E-state index is 0.272. The summed E-state index contributed by atoms with van der Waals surface area (Å²) >= 11 is 1.22. The van der Waals surface area contributed by atoms with Crippen molar-refractivity contribution in [2.45, 2.75) is 30.0 Å². The summed E-state index contributed by atoms with van der Waals surface area (Å²) in [5, 5.41) is 2.71. The van der Waals surface area contributed by atoms with Crippen molar-refractivity contribution in [3.8, 4) is 0 Å². The summed E-state index contributed by atoms with van der Waals surface area (Å²) in [6.07, 6.45) is 2.60. The van der Waals surface area contributed by atoms with E-state index < -0.39 is 16.1 Å². The lowest BCUT2D eigenvalue weighted by Gasteiger charge is -2.22. The second kappa shape index (κ2) is 6.50. The van der Waals surface area contributed by atoms with Gasteiger partial charge in [-0.25, -0.2) is 13.4 Å². The zero-order valence-electron chi connectivity index (χ0n) is 13.1. The van der Waals surface area contributed by atoms with Crippen LogP contribution in [0.3, 0.4) is 0 Å². The maximum absolute atomic E-state index is 12.8. The van der Waals surface area contributed by atoms with Gasteiger partial charge in [-0.15, -0.1) is 11.3 Å². The zero-order chi connectivity index (χ0) is 17.3. The third-order valence-corrected chi connectivity index (χ3v) is 7.22. The number of rotatable bonds is 4. The lowest BCUT2D eigenvalue weighted by atomic mass is 10.2. The Morgan fingerprint density at radius 1 is 1.38 bits per heavy atom. The molecular formula is C15H18N4O3S2. The molecule has 0 saturated carbocycles. The van der Waals surface area contributed by atoms with Gasteiger partial charge in [-0.2, -0.15) is 4.31 Å². The van der Waals surface area contributed by atoms with Crippen molar-refractivity contribution in [3.05, 3.63) is 35.3 Å². The average molecular weight is 366 g/mol. The van der Waals surface area contributed by atoms with Crippen LogP contribution < -0.4 is 11.1 Å². The van der Waals surface area contributed by atoms with Crippen molar-refractivity contribution in [2.24, 2.45) is 0 Å². The smallest absolute Gasteiger partial charge is 0.253 e. The molecule has 3 N–H and O–H groups in total. The SMILES string of the molecule is Cc1ccc(S(=O)(=O)N2CCCC2C(=O)Nc2ccc(N)nc2)s1. The molecule has 0 bridgehead atoms. The molecule has 2 aromatic rings. The number of carbonyl (C=O) groups excluding carboxylic acids is 1. The molecule has 1 atom stereocenters. The molecule has 0 radical (unpaired) electrons. The molecule has 7 nitrogen and oxygen atoms in total. The average Bonchev–Trinajstić information content (AvgIpc) is 3.19. The second-order valence-corrected chi connectivity index (χ2v) is 9.01. The largest absolute Gasteiger partial charge is 0.384 e. The Hall–Kier alpha value is -1.97. The molecule has 0 aliphatic carbocycles. The van der Waals surface area contributed by atoms with Crippen LogP contribution in [0, 0.1) is 6.92 Å². The first-order chi connectivity index (χ1) is 11.4. The maximum atomic E-state index is 12.8. The van der Waals surface area contributed by atoms with Crippen molar-refractivity contribution in [3.63, 3.8) is 0 Å². The molecule has 1 fully saturated rings. The number of nitrogens with one attached hydrogen (secondary N) is 1. The number of thiophene rings is 1. The molecule has 3 rings (SSSR count). The number of amides is 1. The van der Waals surface area contributed by atoms with E-state index >= 15 is 0 Å². The van der Waals surface area contributed by atoms with Gasteiger partial charge in [0.2, 0.25) is 5.91 Å². The Labute approximate surface area is 144 Å². The molecule has 3 heterocycles. The lowest BCUT2D eigenvalue weighted by Crippen LogP contribution is -2.42. The van der Waals surface area contributed by atoms with E-state index in [-0.39, 0.29) is 10.1 Å². The summed E-state index contributed by atoms with van der Waals surface area (Å²) in [5.74, 6) is 0.00191. The number of anilines is 2. The number of hydrogen-bond acceptors (Lipinski definition) is 6.